The maximum Gasteiger partial charge on any atom is 0.302 e. The fraction of sp³-hybridized carbons (Fsp3) is 0.862. The minimum atomic E-state index is -0.174. The van der Waals surface area contributed by atoms with Crippen molar-refractivity contribution in [1.82, 2.24) is 9.80 Å². The van der Waals surface area contributed by atoms with Gasteiger partial charge < -0.3 is 19.3 Å². The minimum absolute atomic E-state index is 0.00496. The minimum Gasteiger partial charge on any atom is -0.463 e. The molecule has 4 fully saturated rings. The number of fused-ring (bicyclic) bond motifs is 1. The molecule has 0 aromatic heterocycles. The molecule has 0 aromatic carbocycles. The third-order valence-electron chi connectivity index (χ3n) is 10.5. The van der Waals surface area contributed by atoms with E-state index in [0.717, 1.165) is 84.1 Å². The van der Waals surface area contributed by atoms with Gasteiger partial charge in [0.15, 0.2) is 0 Å². The molecule has 0 spiro atoms. The predicted molar refractivity (Wildman–Crippen MR) is 138 cm³/mol. The third-order valence-corrected chi connectivity index (χ3v) is 10.5. The van der Waals surface area contributed by atoms with Crippen LogP contribution in [0, 0.1) is 28.6 Å². The predicted octanol–water partition coefficient (Wildman–Crippen LogP) is 4.68. The van der Waals surface area contributed by atoms with Crippen molar-refractivity contribution in [2.45, 2.75) is 91.3 Å². The van der Waals surface area contributed by atoms with Crippen LogP contribution in [0.15, 0.2) is 12.2 Å². The number of allylic oxidation sites excluding steroid dienone is 1. The molecule has 6 nitrogen and oxygen atoms in total. The maximum absolute atomic E-state index is 12.3. The van der Waals surface area contributed by atoms with E-state index in [0.29, 0.717) is 17.8 Å². The topological polar surface area (TPSA) is 59.1 Å². The number of nitrogens with zero attached hydrogens (tertiary/aromatic N) is 2. The van der Waals surface area contributed by atoms with E-state index in [2.05, 4.69) is 37.3 Å². The second-order valence-corrected chi connectivity index (χ2v) is 12.5. The fourth-order valence-corrected chi connectivity index (χ4v) is 8.11. The first-order chi connectivity index (χ1) is 16.5. The molecule has 4 unspecified atom stereocenters. The summed E-state index contributed by atoms with van der Waals surface area (Å²) in [5.74, 6) is 0.808. The van der Waals surface area contributed by atoms with Gasteiger partial charge in [-0.3, -0.25) is 9.59 Å². The SMILES string of the molecule is C=C1CCC2C(OC(C)=O)C([C@@]3(C)CC[C@H](OC(C)=O)C[C@@H]3CCN3CCN(C)CC3)CCC12C. The van der Waals surface area contributed by atoms with Gasteiger partial charge in [0.1, 0.15) is 12.2 Å². The molecule has 198 valence electrons. The van der Waals surface area contributed by atoms with Crippen molar-refractivity contribution < 1.29 is 19.1 Å². The van der Waals surface area contributed by atoms with Gasteiger partial charge in [0.2, 0.25) is 0 Å². The van der Waals surface area contributed by atoms with Gasteiger partial charge in [0.05, 0.1) is 0 Å². The van der Waals surface area contributed by atoms with Gasteiger partial charge in [-0.15, -0.1) is 0 Å². The number of rotatable bonds is 6. The molecule has 0 bridgehead atoms. The van der Waals surface area contributed by atoms with Crippen LogP contribution in [0.2, 0.25) is 0 Å². The molecule has 4 aliphatic rings. The summed E-state index contributed by atoms with van der Waals surface area (Å²) in [7, 11) is 2.20. The van der Waals surface area contributed by atoms with E-state index in [1.165, 1.54) is 12.5 Å². The monoisotopic (exact) mass is 488 g/mol. The van der Waals surface area contributed by atoms with Crippen LogP contribution in [-0.2, 0) is 19.1 Å². The van der Waals surface area contributed by atoms with Crippen LogP contribution >= 0.6 is 0 Å². The second kappa shape index (κ2) is 10.5. The molecule has 0 radical (unpaired) electrons. The van der Waals surface area contributed by atoms with Crippen molar-refractivity contribution >= 4 is 11.9 Å². The summed E-state index contributed by atoms with van der Waals surface area (Å²) in [5.41, 5.74) is 1.49. The second-order valence-electron chi connectivity index (χ2n) is 12.5. The molecule has 6 heteroatoms. The Bertz CT molecular complexity index is 807. The van der Waals surface area contributed by atoms with Gasteiger partial charge in [-0.25, -0.2) is 0 Å². The van der Waals surface area contributed by atoms with Crippen molar-refractivity contribution in [3.8, 4) is 0 Å². The van der Waals surface area contributed by atoms with Crippen molar-refractivity contribution in [3.63, 3.8) is 0 Å². The van der Waals surface area contributed by atoms with Crippen molar-refractivity contribution in [2.24, 2.45) is 28.6 Å². The Morgan fingerprint density at radius 3 is 2.31 bits per heavy atom. The molecule has 35 heavy (non-hydrogen) atoms. The Kier molecular flexibility index (Phi) is 8.02. The van der Waals surface area contributed by atoms with E-state index in [-0.39, 0.29) is 35.0 Å². The first kappa shape index (κ1) is 26.7. The highest BCUT2D eigenvalue weighted by atomic mass is 16.5. The van der Waals surface area contributed by atoms with Crippen LogP contribution in [0.5, 0.6) is 0 Å². The quantitative estimate of drug-likeness (QED) is 0.400. The highest BCUT2D eigenvalue weighted by Gasteiger charge is 2.58. The highest BCUT2D eigenvalue weighted by Crippen LogP contribution is 2.62. The van der Waals surface area contributed by atoms with E-state index < -0.39 is 0 Å². The van der Waals surface area contributed by atoms with Crippen molar-refractivity contribution in [3.05, 3.63) is 12.2 Å². The smallest absolute Gasteiger partial charge is 0.302 e. The number of ether oxygens (including phenoxy) is 2. The zero-order valence-electron chi connectivity index (χ0n) is 22.8. The van der Waals surface area contributed by atoms with Gasteiger partial charge in [-0.2, -0.15) is 0 Å². The molecule has 3 saturated carbocycles. The van der Waals surface area contributed by atoms with E-state index in [1.54, 1.807) is 6.92 Å². The lowest BCUT2D eigenvalue weighted by atomic mass is 9.51. The first-order valence-electron chi connectivity index (χ1n) is 14.0. The van der Waals surface area contributed by atoms with Crippen LogP contribution in [0.25, 0.3) is 0 Å². The molecule has 0 amide bonds. The molecule has 1 heterocycles. The number of carbonyl (C=O) groups excluding carboxylic acids is 2. The lowest BCUT2D eigenvalue weighted by molar-refractivity contribution is -0.176. The standard InChI is InChI=1S/C29H48N2O4/c1-20-7-8-25-27(35-22(3)33)26(10-13-28(20,25)4)29(5)12-9-24(34-21(2)32)19-23(29)11-14-31-17-15-30(6)16-18-31/h23-27H,1,7-19H2,2-6H3/t23-,24-,25?,26?,27?,28?,29-/m0/s1. The fourth-order valence-electron chi connectivity index (χ4n) is 8.11. The van der Waals surface area contributed by atoms with Crippen LogP contribution < -0.4 is 0 Å². The van der Waals surface area contributed by atoms with Gasteiger partial charge >= 0.3 is 11.9 Å². The number of carbonyl (C=O) groups is 2. The zero-order chi connectivity index (χ0) is 25.4. The average molecular weight is 489 g/mol. The number of esters is 2. The summed E-state index contributed by atoms with van der Waals surface area (Å²) >= 11 is 0. The number of hydrogen-bond donors (Lipinski definition) is 0. The van der Waals surface area contributed by atoms with E-state index in [1.807, 2.05) is 0 Å². The Labute approximate surface area is 212 Å². The summed E-state index contributed by atoms with van der Waals surface area (Å²) in [6.45, 7) is 17.9. The maximum atomic E-state index is 12.3. The largest absolute Gasteiger partial charge is 0.463 e. The Morgan fingerprint density at radius 2 is 1.66 bits per heavy atom. The lowest BCUT2D eigenvalue weighted by Gasteiger charge is -2.56. The van der Waals surface area contributed by atoms with Gasteiger partial charge in [0, 0.05) is 51.9 Å². The van der Waals surface area contributed by atoms with Crippen LogP contribution in [-0.4, -0.2) is 73.7 Å². The molecule has 0 N–H and O–H groups in total. The van der Waals surface area contributed by atoms with E-state index >= 15 is 0 Å². The van der Waals surface area contributed by atoms with E-state index in [9.17, 15) is 9.59 Å². The van der Waals surface area contributed by atoms with Crippen molar-refractivity contribution in [1.29, 1.82) is 0 Å². The van der Waals surface area contributed by atoms with Crippen molar-refractivity contribution in [2.75, 3.05) is 39.8 Å². The molecule has 3 aliphatic carbocycles. The molecule has 4 rings (SSSR count). The highest BCUT2D eigenvalue weighted by molar-refractivity contribution is 5.66. The Morgan fingerprint density at radius 1 is 0.971 bits per heavy atom. The van der Waals surface area contributed by atoms with Gasteiger partial charge in [-0.1, -0.05) is 26.0 Å². The normalized spacial score (nSPS) is 40.8. The number of likely N-dealkylation sites (N-methyl/N-ethyl adjacent to an activating group) is 1. The molecule has 0 aromatic rings. The summed E-state index contributed by atoms with van der Waals surface area (Å²) < 4.78 is 12.0. The summed E-state index contributed by atoms with van der Waals surface area (Å²) in [6.07, 6.45) is 8.22. The van der Waals surface area contributed by atoms with Crippen LogP contribution in [0.1, 0.15) is 79.1 Å². The Hall–Kier alpha value is -1.40. The molecular formula is C29H48N2O4. The Balaban J connectivity index is 1.57. The average Bonchev–Trinajstić information content (AvgIpc) is 3.09. The molecule has 7 atom stereocenters. The zero-order valence-corrected chi connectivity index (χ0v) is 22.8. The molecule has 1 saturated heterocycles. The summed E-state index contributed by atoms with van der Waals surface area (Å²) in [4.78, 5) is 29.1. The van der Waals surface area contributed by atoms with Crippen LogP contribution in [0.4, 0.5) is 0 Å². The number of hydrogen-bond acceptors (Lipinski definition) is 6. The van der Waals surface area contributed by atoms with E-state index in [4.69, 9.17) is 9.47 Å². The first-order valence-corrected chi connectivity index (χ1v) is 14.0. The van der Waals surface area contributed by atoms with Gasteiger partial charge in [0.25, 0.3) is 0 Å². The lowest BCUT2D eigenvalue weighted by Crippen LogP contribution is -2.54. The molecular weight excluding hydrogens is 440 g/mol. The number of piperazine rings is 1. The summed E-state index contributed by atoms with van der Waals surface area (Å²) in [6, 6.07) is 0. The molecule has 1 aliphatic heterocycles. The third kappa shape index (κ3) is 5.49. The summed E-state index contributed by atoms with van der Waals surface area (Å²) in [5, 5.41) is 0. The van der Waals surface area contributed by atoms with Gasteiger partial charge in [-0.05, 0) is 81.7 Å². The van der Waals surface area contributed by atoms with Crippen LogP contribution in [0.3, 0.4) is 0 Å².